The predicted molar refractivity (Wildman–Crippen MR) is 207 cm³/mol. The molecule has 0 fully saturated rings. The Morgan fingerprint density at radius 2 is 0.708 bits per heavy atom. The molecule has 242 valence electrons. The average molecular weight is 628 g/mol. The Balaban J connectivity index is 1.28. The zero-order valence-electron chi connectivity index (χ0n) is 29.1. The molecule has 6 aromatic rings. The number of rotatable bonds is 13. The Morgan fingerprint density at radius 3 is 1.15 bits per heavy atom. The number of hydrogen-bond donors (Lipinski definition) is 0. The van der Waals surface area contributed by atoms with Crippen LogP contribution in [-0.4, -0.2) is 0 Å². The van der Waals surface area contributed by atoms with E-state index in [2.05, 4.69) is 178 Å². The lowest BCUT2D eigenvalue weighted by atomic mass is 9.84. The van der Waals surface area contributed by atoms with Crippen molar-refractivity contribution in [1.29, 1.82) is 0 Å². The first-order valence-corrected chi connectivity index (χ1v) is 17.8. The van der Waals surface area contributed by atoms with Crippen LogP contribution in [0.25, 0.3) is 11.1 Å². The number of anilines is 3. The molecule has 1 atom stereocenters. The molecule has 0 aromatic heterocycles. The molecule has 6 rings (SSSR count). The van der Waals surface area contributed by atoms with Gasteiger partial charge in [0.1, 0.15) is 0 Å². The quantitative estimate of drug-likeness (QED) is 0.115. The molecule has 0 spiro atoms. The monoisotopic (exact) mass is 627 g/mol. The fourth-order valence-electron chi connectivity index (χ4n) is 6.60. The van der Waals surface area contributed by atoms with Gasteiger partial charge >= 0.3 is 0 Å². The van der Waals surface area contributed by atoms with Crippen molar-refractivity contribution in [3.8, 4) is 11.1 Å². The van der Waals surface area contributed by atoms with Gasteiger partial charge < -0.3 is 4.90 Å². The van der Waals surface area contributed by atoms with Gasteiger partial charge in [-0.1, -0.05) is 147 Å². The van der Waals surface area contributed by atoms with E-state index in [1.807, 2.05) is 0 Å². The molecule has 0 N–H and O–H groups in total. The SMILES string of the molecule is CCCCc1ccc(C(c2ccc(C)cc2)c2ccc(-c3ccc(N(c4ccc(C)cc4)c4ccc(CCCC)cc4)cc3)cc2)cc1. The van der Waals surface area contributed by atoms with E-state index in [1.165, 1.54) is 87.1 Å². The fraction of sp³-hybridized carbons (Fsp3) is 0.234. The Labute approximate surface area is 288 Å². The summed E-state index contributed by atoms with van der Waals surface area (Å²) in [5.74, 6) is 0.193. The Kier molecular flexibility index (Phi) is 10.9. The Bertz CT molecular complexity index is 1700. The molecule has 48 heavy (non-hydrogen) atoms. The molecule has 1 heteroatoms. The van der Waals surface area contributed by atoms with E-state index in [0.29, 0.717) is 0 Å². The van der Waals surface area contributed by atoms with Gasteiger partial charge in [0.2, 0.25) is 0 Å². The van der Waals surface area contributed by atoms with Crippen molar-refractivity contribution in [3.05, 3.63) is 185 Å². The van der Waals surface area contributed by atoms with E-state index < -0.39 is 0 Å². The van der Waals surface area contributed by atoms with Crippen LogP contribution in [0, 0.1) is 13.8 Å². The minimum absolute atomic E-state index is 0.193. The number of benzene rings is 6. The minimum atomic E-state index is 0.193. The highest BCUT2D eigenvalue weighted by Crippen LogP contribution is 2.37. The van der Waals surface area contributed by atoms with Gasteiger partial charge in [0, 0.05) is 23.0 Å². The lowest BCUT2D eigenvalue weighted by Gasteiger charge is -2.26. The van der Waals surface area contributed by atoms with Gasteiger partial charge in [-0.25, -0.2) is 0 Å². The second-order valence-electron chi connectivity index (χ2n) is 13.3. The van der Waals surface area contributed by atoms with E-state index in [-0.39, 0.29) is 5.92 Å². The Hall–Kier alpha value is -4.88. The van der Waals surface area contributed by atoms with Gasteiger partial charge in [-0.2, -0.15) is 0 Å². The molecular weight excluding hydrogens is 579 g/mol. The van der Waals surface area contributed by atoms with Crippen LogP contribution in [0.3, 0.4) is 0 Å². The van der Waals surface area contributed by atoms with Crippen LogP contribution in [0.4, 0.5) is 17.1 Å². The van der Waals surface area contributed by atoms with Crippen LogP contribution in [-0.2, 0) is 12.8 Å². The van der Waals surface area contributed by atoms with Gasteiger partial charge in [-0.3, -0.25) is 0 Å². The third-order valence-electron chi connectivity index (χ3n) is 9.55. The molecule has 1 nitrogen and oxygen atoms in total. The van der Waals surface area contributed by atoms with Crippen LogP contribution < -0.4 is 4.90 Å². The van der Waals surface area contributed by atoms with Crippen LogP contribution >= 0.6 is 0 Å². The molecule has 1 unspecified atom stereocenters. The topological polar surface area (TPSA) is 3.24 Å². The summed E-state index contributed by atoms with van der Waals surface area (Å²) in [5.41, 5.74) is 15.3. The predicted octanol–water partition coefficient (Wildman–Crippen LogP) is 13.3. The maximum absolute atomic E-state index is 2.36. The van der Waals surface area contributed by atoms with Crippen LogP contribution in [0.1, 0.15) is 84.4 Å². The molecule has 0 aliphatic heterocycles. The van der Waals surface area contributed by atoms with Crippen molar-refractivity contribution in [2.24, 2.45) is 0 Å². The number of nitrogens with zero attached hydrogens (tertiary/aromatic N) is 1. The van der Waals surface area contributed by atoms with E-state index in [1.54, 1.807) is 0 Å². The molecule has 6 aromatic carbocycles. The zero-order valence-corrected chi connectivity index (χ0v) is 29.1. The summed E-state index contributed by atoms with van der Waals surface area (Å²) in [5, 5.41) is 0. The van der Waals surface area contributed by atoms with Gasteiger partial charge in [-0.15, -0.1) is 0 Å². The van der Waals surface area contributed by atoms with Gasteiger partial charge in [-0.05, 0) is 115 Å². The number of hydrogen-bond acceptors (Lipinski definition) is 1. The average Bonchev–Trinajstić information content (AvgIpc) is 3.13. The van der Waals surface area contributed by atoms with E-state index in [0.717, 1.165) is 18.5 Å². The highest BCUT2D eigenvalue weighted by atomic mass is 15.1. The van der Waals surface area contributed by atoms with Crippen molar-refractivity contribution in [2.75, 3.05) is 4.90 Å². The zero-order chi connectivity index (χ0) is 33.3. The first kappa shape index (κ1) is 33.0. The fourth-order valence-corrected chi connectivity index (χ4v) is 6.60. The van der Waals surface area contributed by atoms with Gasteiger partial charge in [0.15, 0.2) is 0 Å². The van der Waals surface area contributed by atoms with Crippen molar-refractivity contribution in [1.82, 2.24) is 0 Å². The van der Waals surface area contributed by atoms with Crippen molar-refractivity contribution >= 4 is 17.1 Å². The standard InChI is InChI=1S/C47H49N/c1-5-7-9-37-15-21-42(22-16-37)47(41-19-11-35(3)12-20-41)43-25-23-39(24-26-43)40-27-33-46(34-28-40)48(44-29-13-36(4)14-30-44)45-31-17-38(18-32-45)10-8-6-2/h11-34,47H,5-10H2,1-4H3. The lowest BCUT2D eigenvalue weighted by molar-refractivity contribution is 0.794. The second-order valence-corrected chi connectivity index (χ2v) is 13.3. The van der Waals surface area contributed by atoms with E-state index >= 15 is 0 Å². The summed E-state index contributed by atoms with van der Waals surface area (Å²) in [6.07, 6.45) is 7.18. The molecule has 0 aliphatic rings. The van der Waals surface area contributed by atoms with Gasteiger partial charge in [0.05, 0.1) is 0 Å². The normalized spacial score (nSPS) is 11.8. The number of aryl methyl sites for hydroxylation is 4. The minimum Gasteiger partial charge on any atom is -0.311 e. The summed E-state index contributed by atoms with van der Waals surface area (Å²) in [6.45, 7) is 8.81. The third kappa shape index (κ3) is 7.97. The van der Waals surface area contributed by atoms with Crippen molar-refractivity contribution in [3.63, 3.8) is 0 Å². The van der Waals surface area contributed by atoms with Gasteiger partial charge in [0.25, 0.3) is 0 Å². The van der Waals surface area contributed by atoms with E-state index in [9.17, 15) is 0 Å². The number of unbranched alkanes of at least 4 members (excludes halogenated alkanes) is 2. The molecular formula is C47H49N. The molecule has 0 radical (unpaired) electrons. The molecule has 0 saturated heterocycles. The second kappa shape index (κ2) is 15.8. The molecule has 0 aliphatic carbocycles. The maximum Gasteiger partial charge on any atom is 0.0462 e. The van der Waals surface area contributed by atoms with E-state index in [4.69, 9.17) is 0 Å². The molecule has 0 amide bonds. The first-order valence-electron chi connectivity index (χ1n) is 17.8. The summed E-state index contributed by atoms with van der Waals surface area (Å²) < 4.78 is 0. The van der Waals surface area contributed by atoms with Crippen LogP contribution in [0.5, 0.6) is 0 Å². The lowest BCUT2D eigenvalue weighted by Crippen LogP contribution is -2.10. The van der Waals surface area contributed by atoms with Crippen molar-refractivity contribution in [2.45, 2.75) is 72.1 Å². The van der Waals surface area contributed by atoms with Crippen molar-refractivity contribution < 1.29 is 0 Å². The van der Waals surface area contributed by atoms with Crippen LogP contribution in [0.15, 0.2) is 146 Å². The van der Waals surface area contributed by atoms with Crippen LogP contribution in [0.2, 0.25) is 0 Å². The molecule has 0 bridgehead atoms. The Morgan fingerprint density at radius 1 is 0.396 bits per heavy atom. The summed E-state index contributed by atoms with van der Waals surface area (Å²) >= 11 is 0. The summed E-state index contributed by atoms with van der Waals surface area (Å²) in [6, 6.07) is 54.5. The highest BCUT2D eigenvalue weighted by Gasteiger charge is 2.18. The smallest absolute Gasteiger partial charge is 0.0462 e. The molecule has 0 heterocycles. The largest absolute Gasteiger partial charge is 0.311 e. The summed E-state index contributed by atoms with van der Waals surface area (Å²) in [7, 11) is 0. The maximum atomic E-state index is 2.36. The summed E-state index contributed by atoms with van der Waals surface area (Å²) in [4.78, 5) is 2.36. The highest BCUT2D eigenvalue weighted by molar-refractivity contribution is 5.78. The third-order valence-corrected chi connectivity index (χ3v) is 9.55. The first-order chi connectivity index (χ1) is 23.5. The molecule has 0 saturated carbocycles.